The van der Waals surface area contributed by atoms with Gasteiger partial charge in [-0.3, -0.25) is 4.79 Å². The Morgan fingerprint density at radius 1 is 1.03 bits per heavy atom. The van der Waals surface area contributed by atoms with Crippen LogP contribution in [-0.4, -0.2) is 42.0 Å². The lowest BCUT2D eigenvalue weighted by molar-refractivity contribution is -0.131. The lowest BCUT2D eigenvalue weighted by atomic mass is 9.89. The summed E-state index contributed by atoms with van der Waals surface area (Å²) in [7, 11) is 0. The van der Waals surface area contributed by atoms with Gasteiger partial charge in [-0.25, -0.2) is 4.39 Å². The SMILES string of the molecule is O=C(CC(c1ccsc1)c1c[nH]c2ccccc12)N1CCN(c2ccccc2F)CC1. The molecule has 1 unspecified atom stereocenters. The Morgan fingerprint density at radius 3 is 2.58 bits per heavy atom. The number of fused-ring (bicyclic) bond motifs is 1. The van der Waals surface area contributed by atoms with E-state index in [4.69, 9.17) is 0 Å². The monoisotopic (exact) mass is 433 g/mol. The molecule has 31 heavy (non-hydrogen) atoms. The number of carbonyl (C=O) groups excluding carboxylic acids is 1. The molecule has 1 aliphatic rings. The summed E-state index contributed by atoms with van der Waals surface area (Å²) < 4.78 is 14.1. The Hall–Kier alpha value is -3.12. The number of amides is 1. The summed E-state index contributed by atoms with van der Waals surface area (Å²) in [6.07, 6.45) is 2.47. The molecule has 1 amide bonds. The zero-order valence-corrected chi connectivity index (χ0v) is 17.9. The molecule has 1 fully saturated rings. The molecule has 0 bridgehead atoms. The number of thiophene rings is 1. The lowest BCUT2D eigenvalue weighted by Gasteiger charge is -2.36. The molecule has 1 N–H and O–H groups in total. The lowest BCUT2D eigenvalue weighted by Crippen LogP contribution is -2.49. The first-order valence-electron chi connectivity index (χ1n) is 10.6. The van der Waals surface area contributed by atoms with Crippen LogP contribution in [0.3, 0.4) is 0 Å². The summed E-state index contributed by atoms with van der Waals surface area (Å²) in [5.74, 6) is -0.0479. The molecule has 1 saturated heterocycles. The number of H-pyrrole nitrogens is 1. The highest BCUT2D eigenvalue weighted by Crippen LogP contribution is 2.35. The maximum Gasteiger partial charge on any atom is 0.223 e. The van der Waals surface area contributed by atoms with Crippen molar-refractivity contribution in [2.24, 2.45) is 0 Å². The fourth-order valence-electron chi connectivity index (χ4n) is 4.47. The van der Waals surface area contributed by atoms with Gasteiger partial charge in [-0.15, -0.1) is 0 Å². The van der Waals surface area contributed by atoms with Gasteiger partial charge in [-0.2, -0.15) is 11.3 Å². The molecule has 3 heterocycles. The van der Waals surface area contributed by atoms with Gasteiger partial charge >= 0.3 is 0 Å². The number of nitrogens with one attached hydrogen (secondary N) is 1. The van der Waals surface area contributed by atoms with Crippen molar-refractivity contribution in [2.75, 3.05) is 31.1 Å². The van der Waals surface area contributed by atoms with E-state index >= 15 is 0 Å². The third-order valence-corrected chi connectivity index (χ3v) is 6.85. The van der Waals surface area contributed by atoms with Gasteiger partial charge in [0.2, 0.25) is 5.91 Å². The number of para-hydroxylation sites is 2. The van der Waals surface area contributed by atoms with Crippen LogP contribution in [0.1, 0.15) is 23.5 Å². The fourth-order valence-corrected chi connectivity index (χ4v) is 5.19. The number of aromatic amines is 1. The Kier molecular flexibility index (Phi) is 5.47. The highest BCUT2D eigenvalue weighted by Gasteiger charge is 2.27. The third kappa shape index (κ3) is 3.95. The normalized spacial score (nSPS) is 15.4. The molecular formula is C25H24FN3OS. The largest absolute Gasteiger partial charge is 0.366 e. The first-order valence-corrected chi connectivity index (χ1v) is 11.5. The maximum atomic E-state index is 14.1. The highest BCUT2D eigenvalue weighted by atomic mass is 32.1. The average molecular weight is 434 g/mol. The van der Waals surface area contributed by atoms with Gasteiger partial charge in [0.15, 0.2) is 0 Å². The van der Waals surface area contributed by atoms with E-state index in [2.05, 4.69) is 33.9 Å². The number of hydrogen-bond donors (Lipinski definition) is 1. The van der Waals surface area contributed by atoms with E-state index in [9.17, 15) is 9.18 Å². The van der Waals surface area contributed by atoms with E-state index in [0.717, 1.165) is 16.5 Å². The molecule has 158 valence electrons. The molecule has 5 rings (SSSR count). The van der Waals surface area contributed by atoms with Crippen molar-refractivity contribution in [1.29, 1.82) is 0 Å². The summed E-state index contributed by atoms with van der Waals surface area (Å²) in [6.45, 7) is 2.50. The van der Waals surface area contributed by atoms with Gasteiger partial charge in [0, 0.05) is 55.6 Å². The van der Waals surface area contributed by atoms with Crippen LogP contribution < -0.4 is 4.90 Å². The summed E-state index contributed by atoms with van der Waals surface area (Å²) in [6, 6.07) is 17.2. The van der Waals surface area contributed by atoms with Crippen molar-refractivity contribution in [3.05, 3.63) is 88.5 Å². The Balaban J connectivity index is 1.33. The van der Waals surface area contributed by atoms with Crippen molar-refractivity contribution in [1.82, 2.24) is 9.88 Å². The number of nitrogens with zero attached hydrogens (tertiary/aromatic N) is 2. The van der Waals surface area contributed by atoms with Gasteiger partial charge in [-0.1, -0.05) is 30.3 Å². The van der Waals surface area contributed by atoms with Crippen LogP contribution in [0.4, 0.5) is 10.1 Å². The predicted octanol–water partition coefficient (Wildman–Crippen LogP) is 5.24. The molecule has 6 heteroatoms. The quantitative estimate of drug-likeness (QED) is 0.468. The van der Waals surface area contributed by atoms with Crippen molar-refractivity contribution in [3.8, 4) is 0 Å². The second kappa shape index (κ2) is 8.55. The molecule has 0 spiro atoms. The molecule has 1 aliphatic heterocycles. The fraction of sp³-hybridized carbons (Fsp3) is 0.240. The van der Waals surface area contributed by atoms with Crippen molar-refractivity contribution in [3.63, 3.8) is 0 Å². The summed E-state index contributed by atoms with van der Waals surface area (Å²) in [5, 5.41) is 5.36. The minimum atomic E-state index is -0.209. The van der Waals surface area contributed by atoms with Crippen molar-refractivity contribution >= 4 is 33.8 Å². The van der Waals surface area contributed by atoms with Gasteiger partial charge in [0.05, 0.1) is 5.69 Å². The van der Waals surface area contributed by atoms with Crippen LogP contribution in [0, 0.1) is 5.82 Å². The average Bonchev–Trinajstić information content (AvgIpc) is 3.48. The van der Waals surface area contributed by atoms with Gasteiger partial charge in [0.25, 0.3) is 0 Å². The van der Waals surface area contributed by atoms with E-state index in [-0.39, 0.29) is 17.6 Å². The minimum Gasteiger partial charge on any atom is -0.366 e. The summed E-state index contributed by atoms with van der Waals surface area (Å²) in [5.41, 5.74) is 4.04. The Labute approximate surface area is 184 Å². The number of halogens is 1. The molecule has 2 aromatic carbocycles. The smallest absolute Gasteiger partial charge is 0.223 e. The zero-order chi connectivity index (χ0) is 21.2. The van der Waals surface area contributed by atoms with Crippen molar-refractivity contribution in [2.45, 2.75) is 12.3 Å². The number of carbonyl (C=O) groups is 1. The van der Waals surface area contributed by atoms with Crippen LogP contribution >= 0.6 is 11.3 Å². The van der Waals surface area contributed by atoms with Crippen LogP contribution in [0.5, 0.6) is 0 Å². The maximum absolute atomic E-state index is 14.1. The van der Waals surface area contributed by atoms with Crippen LogP contribution in [-0.2, 0) is 4.79 Å². The second-order valence-corrected chi connectivity index (χ2v) is 8.70. The standard InChI is InChI=1S/C25H24FN3OS/c26-22-6-2-4-8-24(22)28-10-12-29(13-11-28)25(30)15-20(18-9-14-31-17-18)21-16-27-23-7-3-1-5-19(21)23/h1-9,14,16-17,20,27H,10-13,15H2. The van der Waals surface area contributed by atoms with E-state index in [0.29, 0.717) is 38.3 Å². The zero-order valence-electron chi connectivity index (χ0n) is 17.1. The molecule has 2 aromatic heterocycles. The van der Waals surface area contributed by atoms with Gasteiger partial charge in [0.1, 0.15) is 5.82 Å². The first-order chi connectivity index (χ1) is 15.2. The van der Waals surface area contributed by atoms with E-state index in [1.807, 2.05) is 34.2 Å². The third-order valence-electron chi connectivity index (χ3n) is 6.15. The van der Waals surface area contributed by atoms with Crippen LogP contribution in [0.25, 0.3) is 10.9 Å². The molecule has 4 aromatic rings. The van der Waals surface area contributed by atoms with E-state index < -0.39 is 0 Å². The molecular weight excluding hydrogens is 409 g/mol. The second-order valence-electron chi connectivity index (χ2n) is 7.92. The van der Waals surface area contributed by atoms with E-state index in [1.165, 1.54) is 11.6 Å². The number of hydrogen-bond acceptors (Lipinski definition) is 3. The molecule has 0 aliphatic carbocycles. The number of aromatic nitrogens is 1. The first kappa shape index (κ1) is 19.8. The molecule has 0 saturated carbocycles. The van der Waals surface area contributed by atoms with E-state index in [1.54, 1.807) is 23.5 Å². The van der Waals surface area contributed by atoms with Crippen LogP contribution in [0.2, 0.25) is 0 Å². The number of benzene rings is 2. The highest BCUT2D eigenvalue weighted by molar-refractivity contribution is 7.08. The topological polar surface area (TPSA) is 39.3 Å². The van der Waals surface area contributed by atoms with Gasteiger partial charge < -0.3 is 14.8 Å². The molecule has 4 nitrogen and oxygen atoms in total. The Morgan fingerprint density at radius 2 is 1.81 bits per heavy atom. The van der Waals surface area contributed by atoms with Crippen molar-refractivity contribution < 1.29 is 9.18 Å². The summed E-state index contributed by atoms with van der Waals surface area (Å²) in [4.78, 5) is 20.6. The Bertz CT molecular complexity index is 1180. The molecule has 0 radical (unpaired) electrons. The molecule has 1 atom stereocenters. The minimum absolute atomic E-state index is 0.0134. The summed E-state index contributed by atoms with van der Waals surface area (Å²) >= 11 is 1.66. The van der Waals surface area contributed by atoms with Gasteiger partial charge in [-0.05, 0) is 46.2 Å². The number of piperazine rings is 1. The number of rotatable bonds is 5. The predicted molar refractivity (Wildman–Crippen MR) is 124 cm³/mol. The van der Waals surface area contributed by atoms with Crippen LogP contribution in [0.15, 0.2) is 71.6 Å². The number of anilines is 1.